The van der Waals surface area contributed by atoms with E-state index in [4.69, 9.17) is 0 Å². The highest BCUT2D eigenvalue weighted by Crippen LogP contribution is 2.46. The van der Waals surface area contributed by atoms with Crippen LogP contribution in [0, 0.1) is 18.8 Å². The first-order chi connectivity index (χ1) is 23.3. The van der Waals surface area contributed by atoms with Crippen molar-refractivity contribution >= 4 is 33.7 Å². The molecule has 0 saturated heterocycles. The minimum atomic E-state index is -3.74. The van der Waals surface area contributed by atoms with Crippen molar-refractivity contribution in [2.75, 3.05) is 25.1 Å². The Morgan fingerprint density at radius 3 is 2.29 bits per heavy atom. The summed E-state index contributed by atoms with van der Waals surface area (Å²) in [6.07, 6.45) is 9.64. The fourth-order valence-corrected chi connectivity index (χ4v) is 9.46. The summed E-state index contributed by atoms with van der Waals surface area (Å²) < 4.78 is 30.0. The molecule has 0 aromatic heterocycles. The summed E-state index contributed by atoms with van der Waals surface area (Å²) >= 11 is 1.58. The molecule has 2 atom stereocenters. The van der Waals surface area contributed by atoms with Crippen molar-refractivity contribution in [3.05, 3.63) is 89.0 Å². The number of benzene rings is 3. The second-order valence-electron chi connectivity index (χ2n) is 15.0. The van der Waals surface area contributed by atoms with Gasteiger partial charge in [0.2, 0.25) is 10.0 Å². The van der Waals surface area contributed by atoms with Crippen LogP contribution in [0.5, 0.6) is 0 Å². The highest BCUT2D eigenvalue weighted by atomic mass is 32.2. The molecule has 2 aliphatic carbocycles. The molecule has 1 amide bonds. The topological polar surface area (TPSA) is 104 Å². The second-order valence-corrected chi connectivity index (χ2v) is 17.9. The molecule has 2 unspecified atom stereocenters. The van der Waals surface area contributed by atoms with Gasteiger partial charge in [-0.1, -0.05) is 101 Å². The lowest BCUT2D eigenvalue weighted by Gasteiger charge is -2.27. The van der Waals surface area contributed by atoms with Crippen LogP contribution < -0.4 is 5.32 Å². The largest absolute Gasteiger partial charge is 0.479 e. The molecule has 9 heteroatoms. The number of hydrogen-bond donors (Lipinski definition) is 2. The number of thioether (sulfide) groups is 1. The van der Waals surface area contributed by atoms with E-state index in [0.29, 0.717) is 53.6 Å². The predicted molar refractivity (Wildman–Crippen MR) is 200 cm³/mol. The maximum Gasteiger partial charge on any atom is 0.329 e. The van der Waals surface area contributed by atoms with Gasteiger partial charge in [-0.2, -0.15) is 16.1 Å². The number of carboxylic acids is 1. The van der Waals surface area contributed by atoms with Crippen LogP contribution in [-0.4, -0.2) is 60.3 Å². The summed E-state index contributed by atoms with van der Waals surface area (Å²) in [6.45, 7) is 9.12. The Morgan fingerprint density at radius 1 is 0.959 bits per heavy atom. The van der Waals surface area contributed by atoms with Gasteiger partial charge >= 0.3 is 5.97 Å². The fraction of sp³-hybridized carbons (Fsp3) is 0.500. The van der Waals surface area contributed by atoms with Crippen LogP contribution in [0.1, 0.15) is 92.8 Å². The third-order valence-corrected chi connectivity index (χ3v) is 13.1. The smallest absolute Gasteiger partial charge is 0.329 e. The Hall–Kier alpha value is -3.14. The molecule has 0 heterocycles. The summed E-state index contributed by atoms with van der Waals surface area (Å²) in [5.41, 5.74) is 3.67. The van der Waals surface area contributed by atoms with E-state index < -0.39 is 27.4 Å². The van der Waals surface area contributed by atoms with Crippen LogP contribution in [0.2, 0.25) is 0 Å². The van der Waals surface area contributed by atoms with E-state index >= 15 is 0 Å². The van der Waals surface area contributed by atoms with E-state index in [0.717, 1.165) is 41.5 Å². The van der Waals surface area contributed by atoms with Crippen molar-refractivity contribution in [1.82, 2.24) is 9.62 Å². The molecular formula is C40H52N2O5S2. The molecule has 3 aromatic carbocycles. The lowest BCUT2D eigenvalue weighted by atomic mass is 9.87. The van der Waals surface area contributed by atoms with Crippen LogP contribution in [0.3, 0.4) is 0 Å². The molecule has 0 aliphatic heterocycles. The van der Waals surface area contributed by atoms with Crippen molar-refractivity contribution in [2.24, 2.45) is 11.8 Å². The maximum absolute atomic E-state index is 14.2. The molecule has 49 heavy (non-hydrogen) atoms. The van der Waals surface area contributed by atoms with Gasteiger partial charge in [0.1, 0.15) is 5.54 Å². The number of carbonyl (C=O) groups excluding carboxylic acids is 1. The van der Waals surface area contributed by atoms with Crippen LogP contribution in [-0.2, 0) is 26.7 Å². The van der Waals surface area contributed by atoms with Gasteiger partial charge in [-0.15, -0.1) is 0 Å². The monoisotopic (exact) mass is 704 g/mol. The number of carboxylic acid groups (broad SMARTS) is 1. The van der Waals surface area contributed by atoms with Gasteiger partial charge in [-0.3, -0.25) is 4.79 Å². The second kappa shape index (κ2) is 15.4. The van der Waals surface area contributed by atoms with Crippen molar-refractivity contribution in [2.45, 2.75) is 94.9 Å². The van der Waals surface area contributed by atoms with Gasteiger partial charge in [-0.25, -0.2) is 13.2 Å². The summed E-state index contributed by atoms with van der Waals surface area (Å²) in [7, 11) is -3.74. The number of amides is 1. The Bertz CT molecular complexity index is 1740. The molecule has 264 valence electrons. The van der Waals surface area contributed by atoms with Gasteiger partial charge < -0.3 is 10.4 Å². The molecule has 2 aliphatic rings. The Balaban J connectivity index is 1.43. The van der Waals surface area contributed by atoms with E-state index in [9.17, 15) is 23.1 Å². The Labute approximate surface area is 297 Å². The number of aryl methyl sites for hydroxylation is 1. The fourth-order valence-electron chi connectivity index (χ4n) is 7.20. The summed E-state index contributed by atoms with van der Waals surface area (Å²) in [5, 5.41) is 12.9. The lowest BCUT2D eigenvalue weighted by molar-refractivity contribution is -0.140. The number of rotatable bonds is 14. The zero-order valence-corrected chi connectivity index (χ0v) is 31.3. The van der Waals surface area contributed by atoms with Crippen molar-refractivity contribution in [3.63, 3.8) is 0 Å². The Morgan fingerprint density at radius 2 is 1.65 bits per heavy atom. The van der Waals surface area contributed by atoms with Crippen molar-refractivity contribution < 1.29 is 23.1 Å². The quantitative estimate of drug-likeness (QED) is 0.176. The molecule has 0 spiro atoms. The standard InChI is InChI=1S/C40H52N2O5S2/c1-28-11-9-10-14-34(28)36-25-30(15-20-35(36)37(43)41-40(38(44)45)26-32(40)27-48-5)22-24-42(23-21-29-12-7-6-8-13-29)49(46,47)33-18-16-31(17-19-33)39(2,3)4/h9-11,14-20,25,29,32H,6-8,12-13,21-24,26-27H2,1-5H3,(H,41,43)(H,44,45). The van der Waals surface area contributed by atoms with E-state index in [1.165, 1.54) is 19.3 Å². The highest BCUT2D eigenvalue weighted by molar-refractivity contribution is 7.98. The minimum absolute atomic E-state index is 0.0794. The molecule has 7 nitrogen and oxygen atoms in total. The molecule has 3 aromatic rings. The summed E-state index contributed by atoms with van der Waals surface area (Å²) in [6, 6.07) is 20.8. The van der Waals surface area contributed by atoms with Gasteiger partial charge in [-0.05, 0) is 95.5 Å². The molecule has 0 bridgehead atoms. The number of nitrogens with one attached hydrogen (secondary N) is 1. The highest BCUT2D eigenvalue weighted by Gasteiger charge is 2.61. The minimum Gasteiger partial charge on any atom is -0.479 e. The van der Waals surface area contributed by atoms with Crippen LogP contribution in [0.15, 0.2) is 71.6 Å². The molecular weight excluding hydrogens is 653 g/mol. The van der Waals surface area contributed by atoms with Crippen LogP contribution in [0.25, 0.3) is 11.1 Å². The van der Waals surface area contributed by atoms with Gasteiger partial charge in [0.15, 0.2) is 0 Å². The van der Waals surface area contributed by atoms with E-state index in [2.05, 4.69) is 26.1 Å². The molecule has 2 fully saturated rings. The van der Waals surface area contributed by atoms with Gasteiger partial charge in [0, 0.05) is 24.6 Å². The number of nitrogens with zero attached hydrogens (tertiary/aromatic N) is 1. The van der Waals surface area contributed by atoms with Crippen molar-refractivity contribution in [3.8, 4) is 11.1 Å². The lowest BCUT2D eigenvalue weighted by Crippen LogP contribution is -2.45. The zero-order valence-electron chi connectivity index (χ0n) is 29.6. The SMILES string of the molecule is CSCC1CC1(NC(=O)c1ccc(CCN(CCC2CCCCC2)S(=O)(=O)c2ccc(C(C)(C)C)cc2)cc1-c1ccccc1C)C(=O)O. The maximum atomic E-state index is 14.2. The molecule has 2 saturated carbocycles. The normalized spacial score (nSPS) is 19.9. The third-order valence-electron chi connectivity index (χ3n) is 10.5. The zero-order chi connectivity index (χ0) is 35.4. The predicted octanol–water partition coefficient (Wildman–Crippen LogP) is 8.10. The van der Waals surface area contributed by atoms with Crippen molar-refractivity contribution in [1.29, 1.82) is 0 Å². The average Bonchev–Trinajstić information content (AvgIpc) is 3.78. The van der Waals surface area contributed by atoms with Crippen LogP contribution >= 0.6 is 11.8 Å². The van der Waals surface area contributed by atoms with E-state index in [1.54, 1.807) is 34.3 Å². The van der Waals surface area contributed by atoms with Crippen LogP contribution in [0.4, 0.5) is 0 Å². The number of carbonyl (C=O) groups is 2. The first-order valence-corrected chi connectivity index (χ1v) is 20.4. The van der Waals surface area contributed by atoms with Gasteiger partial charge in [0.25, 0.3) is 5.91 Å². The summed E-state index contributed by atoms with van der Waals surface area (Å²) in [5.74, 6) is -0.327. The Kier molecular flexibility index (Phi) is 11.7. The average molecular weight is 705 g/mol. The molecule has 2 N–H and O–H groups in total. The summed E-state index contributed by atoms with van der Waals surface area (Å²) in [4.78, 5) is 26.4. The number of hydrogen-bond acceptors (Lipinski definition) is 5. The molecule has 0 radical (unpaired) electrons. The first-order valence-electron chi connectivity index (χ1n) is 17.6. The number of aliphatic carboxylic acids is 1. The third kappa shape index (κ3) is 8.61. The first kappa shape index (κ1) is 37.1. The number of sulfonamides is 1. The van der Waals surface area contributed by atoms with E-state index in [-0.39, 0.29) is 11.3 Å². The van der Waals surface area contributed by atoms with E-state index in [1.807, 2.05) is 61.7 Å². The van der Waals surface area contributed by atoms with Gasteiger partial charge in [0.05, 0.1) is 4.90 Å². The molecule has 5 rings (SSSR count).